The van der Waals surface area contributed by atoms with Crippen molar-refractivity contribution >= 4 is 51.7 Å². The van der Waals surface area contributed by atoms with Crippen LogP contribution in [0.15, 0.2) is 47.4 Å². The molecule has 7 nitrogen and oxygen atoms in total. The zero-order valence-electron chi connectivity index (χ0n) is 14.4. The molecule has 1 aliphatic heterocycles. The van der Waals surface area contributed by atoms with Gasteiger partial charge in [0, 0.05) is 18.2 Å². The molecule has 1 saturated heterocycles. The summed E-state index contributed by atoms with van der Waals surface area (Å²) in [6.45, 7) is 0. The van der Waals surface area contributed by atoms with E-state index in [1.165, 1.54) is 29.2 Å². The highest BCUT2D eigenvalue weighted by Crippen LogP contribution is 2.37. The van der Waals surface area contributed by atoms with E-state index in [1.807, 2.05) is 0 Å². The second kappa shape index (κ2) is 7.77. The molecule has 1 fully saturated rings. The number of carbonyl (C=O) groups excluding carboxylic acids is 1. The molecule has 2 aromatic rings. The fourth-order valence-corrected chi connectivity index (χ4v) is 3.78. The number of nitrogens with zero attached hydrogens (tertiary/aromatic N) is 2. The number of amides is 1. The van der Waals surface area contributed by atoms with Crippen LogP contribution in [0.4, 0.5) is 11.4 Å². The number of hydrogen-bond donors (Lipinski definition) is 0. The van der Waals surface area contributed by atoms with Crippen LogP contribution < -0.4 is 14.4 Å². The standard InChI is InChI=1S/C18H14N2O5S2/c1-24-14-7-11(8-15(10-14)25-2)9-16-17(21)19(18(26)27-16)12-3-5-13(6-4-12)20(22)23/h3-10H,1-2H3/b16-9-. The number of thiocarbonyl (C=S) groups is 1. The Labute approximate surface area is 164 Å². The van der Waals surface area contributed by atoms with Crippen LogP contribution in [-0.4, -0.2) is 29.4 Å². The van der Waals surface area contributed by atoms with Crippen LogP contribution in [0, 0.1) is 10.1 Å². The number of anilines is 1. The first-order valence-corrected chi connectivity index (χ1v) is 8.91. The Morgan fingerprint density at radius 3 is 2.22 bits per heavy atom. The Morgan fingerprint density at radius 1 is 1.11 bits per heavy atom. The number of benzene rings is 2. The molecule has 0 aromatic heterocycles. The maximum Gasteiger partial charge on any atom is 0.270 e. The second-order valence-corrected chi connectivity index (χ2v) is 7.11. The molecular formula is C18H14N2O5S2. The predicted octanol–water partition coefficient (Wildman–Crippen LogP) is 4.02. The van der Waals surface area contributed by atoms with Gasteiger partial charge in [0.1, 0.15) is 11.5 Å². The van der Waals surface area contributed by atoms with Gasteiger partial charge in [0.25, 0.3) is 11.6 Å². The Balaban J connectivity index is 1.92. The van der Waals surface area contributed by atoms with E-state index < -0.39 is 4.92 Å². The van der Waals surface area contributed by atoms with Crippen molar-refractivity contribution in [2.24, 2.45) is 0 Å². The third kappa shape index (κ3) is 3.93. The van der Waals surface area contributed by atoms with E-state index in [0.29, 0.717) is 26.4 Å². The number of nitro benzene ring substituents is 1. The van der Waals surface area contributed by atoms with Crippen molar-refractivity contribution in [2.75, 3.05) is 19.1 Å². The molecule has 0 aliphatic carbocycles. The summed E-state index contributed by atoms with van der Waals surface area (Å²) in [5.74, 6) is 0.915. The number of hydrogen-bond acceptors (Lipinski definition) is 7. The van der Waals surface area contributed by atoms with Crippen molar-refractivity contribution in [2.45, 2.75) is 0 Å². The van der Waals surface area contributed by atoms with E-state index in [2.05, 4.69) is 0 Å². The first kappa shape index (κ1) is 18.9. The third-order valence-electron chi connectivity index (χ3n) is 3.78. The van der Waals surface area contributed by atoms with Gasteiger partial charge in [-0.2, -0.15) is 0 Å². The normalized spacial score (nSPS) is 15.3. The van der Waals surface area contributed by atoms with E-state index in [1.54, 1.807) is 38.5 Å². The molecule has 0 saturated carbocycles. The van der Waals surface area contributed by atoms with Crippen molar-refractivity contribution < 1.29 is 19.2 Å². The van der Waals surface area contributed by atoms with Crippen LogP contribution in [0.5, 0.6) is 11.5 Å². The highest BCUT2D eigenvalue weighted by molar-refractivity contribution is 8.27. The molecule has 1 aliphatic rings. The summed E-state index contributed by atoms with van der Waals surface area (Å²) < 4.78 is 10.8. The lowest BCUT2D eigenvalue weighted by Crippen LogP contribution is -2.27. The van der Waals surface area contributed by atoms with Gasteiger partial charge in [-0.1, -0.05) is 24.0 Å². The van der Waals surface area contributed by atoms with Crippen LogP contribution in [0.1, 0.15) is 5.56 Å². The lowest BCUT2D eigenvalue weighted by molar-refractivity contribution is -0.384. The van der Waals surface area contributed by atoms with Gasteiger partial charge in [0.05, 0.1) is 29.7 Å². The molecule has 27 heavy (non-hydrogen) atoms. The first-order chi connectivity index (χ1) is 12.9. The monoisotopic (exact) mass is 402 g/mol. The number of non-ortho nitro benzene ring substituents is 1. The van der Waals surface area contributed by atoms with Crippen molar-refractivity contribution in [1.82, 2.24) is 0 Å². The van der Waals surface area contributed by atoms with E-state index in [9.17, 15) is 14.9 Å². The summed E-state index contributed by atoms with van der Waals surface area (Å²) in [7, 11) is 3.10. The van der Waals surface area contributed by atoms with Crippen LogP contribution in [0.2, 0.25) is 0 Å². The van der Waals surface area contributed by atoms with Gasteiger partial charge in [0.2, 0.25) is 0 Å². The van der Waals surface area contributed by atoms with Crippen molar-refractivity contribution in [3.05, 3.63) is 63.0 Å². The van der Waals surface area contributed by atoms with Gasteiger partial charge < -0.3 is 9.47 Å². The van der Waals surface area contributed by atoms with Gasteiger partial charge in [-0.3, -0.25) is 19.8 Å². The maximum absolute atomic E-state index is 12.8. The summed E-state index contributed by atoms with van der Waals surface area (Å²) in [5.41, 5.74) is 1.16. The average Bonchev–Trinajstić information content (AvgIpc) is 2.94. The molecule has 2 aromatic carbocycles. The summed E-state index contributed by atoms with van der Waals surface area (Å²) in [6, 6.07) is 11.0. The van der Waals surface area contributed by atoms with Gasteiger partial charge in [-0.15, -0.1) is 0 Å². The van der Waals surface area contributed by atoms with Crippen LogP contribution in [-0.2, 0) is 4.79 Å². The minimum Gasteiger partial charge on any atom is -0.497 e. The largest absolute Gasteiger partial charge is 0.497 e. The van der Waals surface area contributed by atoms with Crippen LogP contribution >= 0.6 is 24.0 Å². The number of carbonyl (C=O) groups is 1. The molecule has 0 N–H and O–H groups in total. The van der Waals surface area contributed by atoms with Gasteiger partial charge in [-0.25, -0.2) is 0 Å². The predicted molar refractivity (Wildman–Crippen MR) is 108 cm³/mol. The number of rotatable bonds is 5. The van der Waals surface area contributed by atoms with Crippen LogP contribution in [0.3, 0.4) is 0 Å². The zero-order valence-corrected chi connectivity index (χ0v) is 16.0. The zero-order chi connectivity index (χ0) is 19.6. The summed E-state index contributed by atoms with van der Waals surface area (Å²) in [6.07, 6.45) is 1.70. The molecule has 0 atom stereocenters. The van der Waals surface area contributed by atoms with E-state index in [4.69, 9.17) is 21.7 Å². The summed E-state index contributed by atoms with van der Waals surface area (Å²) in [5, 5.41) is 10.8. The molecule has 3 rings (SSSR count). The molecule has 138 valence electrons. The van der Waals surface area contributed by atoms with Crippen molar-refractivity contribution in [1.29, 1.82) is 0 Å². The third-order valence-corrected chi connectivity index (χ3v) is 5.09. The fraction of sp³-hybridized carbons (Fsp3) is 0.111. The van der Waals surface area contributed by atoms with Gasteiger partial charge in [-0.05, 0) is 35.9 Å². The smallest absolute Gasteiger partial charge is 0.270 e. The van der Waals surface area contributed by atoms with E-state index in [-0.39, 0.29) is 11.6 Å². The quantitative estimate of drug-likeness (QED) is 0.323. The molecule has 0 radical (unpaired) electrons. The highest BCUT2D eigenvalue weighted by atomic mass is 32.2. The Kier molecular flexibility index (Phi) is 5.43. The molecular weight excluding hydrogens is 388 g/mol. The highest BCUT2D eigenvalue weighted by Gasteiger charge is 2.33. The topological polar surface area (TPSA) is 81.9 Å². The molecule has 0 spiro atoms. The van der Waals surface area contributed by atoms with Crippen molar-refractivity contribution in [3.63, 3.8) is 0 Å². The minimum absolute atomic E-state index is 0.0526. The van der Waals surface area contributed by atoms with Crippen molar-refractivity contribution in [3.8, 4) is 11.5 Å². The number of methoxy groups -OCH3 is 2. The first-order valence-electron chi connectivity index (χ1n) is 7.68. The van der Waals surface area contributed by atoms with Gasteiger partial charge >= 0.3 is 0 Å². The van der Waals surface area contributed by atoms with Gasteiger partial charge in [0.15, 0.2) is 4.32 Å². The lowest BCUT2D eigenvalue weighted by Gasteiger charge is -2.14. The lowest BCUT2D eigenvalue weighted by atomic mass is 10.1. The molecule has 0 unspecified atom stereocenters. The summed E-state index contributed by atoms with van der Waals surface area (Å²) >= 11 is 6.48. The fourth-order valence-electron chi connectivity index (χ4n) is 2.48. The Morgan fingerprint density at radius 2 is 1.70 bits per heavy atom. The Bertz CT molecular complexity index is 934. The molecule has 9 heteroatoms. The van der Waals surface area contributed by atoms with E-state index in [0.717, 1.165) is 17.3 Å². The number of ether oxygens (including phenoxy) is 2. The number of thioether (sulfide) groups is 1. The Hall–Kier alpha value is -2.91. The molecule has 1 heterocycles. The van der Waals surface area contributed by atoms with Crippen LogP contribution in [0.25, 0.3) is 6.08 Å². The molecule has 0 bridgehead atoms. The number of nitro groups is 1. The minimum atomic E-state index is -0.496. The molecule has 1 amide bonds. The summed E-state index contributed by atoms with van der Waals surface area (Å²) in [4.78, 5) is 24.9. The van der Waals surface area contributed by atoms with E-state index >= 15 is 0 Å². The average molecular weight is 402 g/mol. The maximum atomic E-state index is 12.8. The SMILES string of the molecule is COc1cc(/C=C2\SC(=S)N(c3ccc([N+](=O)[O-])cc3)C2=O)cc(OC)c1. The second-order valence-electron chi connectivity index (χ2n) is 5.44.